The largest absolute Gasteiger partial charge is 0.454 e. The molecule has 0 aliphatic carbocycles. The summed E-state index contributed by atoms with van der Waals surface area (Å²) in [6.45, 7) is 0. The monoisotopic (exact) mass is 437 g/mol. The van der Waals surface area contributed by atoms with E-state index in [1.165, 1.54) is 42.5 Å². The van der Waals surface area contributed by atoms with E-state index >= 15 is 0 Å². The number of halogens is 2. The van der Waals surface area contributed by atoms with E-state index in [1.807, 2.05) is 0 Å². The smallest absolute Gasteiger partial charge is 0.412 e. The van der Waals surface area contributed by atoms with Gasteiger partial charge in [-0.3, -0.25) is 15.5 Å². The van der Waals surface area contributed by atoms with Crippen LogP contribution in [0.2, 0.25) is 10.0 Å². The van der Waals surface area contributed by atoms with E-state index in [9.17, 15) is 19.7 Å². The summed E-state index contributed by atoms with van der Waals surface area (Å²) < 4.78 is 9.57. The van der Waals surface area contributed by atoms with Crippen LogP contribution in [0.1, 0.15) is 0 Å². The van der Waals surface area contributed by atoms with Gasteiger partial charge >= 0.3 is 12.1 Å². The summed E-state index contributed by atoms with van der Waals surface area (Å²) in [7, 11) is 0. The number of nitro benzene ring substituents is 1. The standard InChI is InChI=1S/C16H9Cl2N5O6/c17-11-5-8(21-22-13(7-19)15(24)29-16(20)25)6-12(18)14(11)28-10-3-1-9(2-4-10)23(26)27/h1-6,21H,(H2,20,25). The first-order valence-electron chi connectivity index (χ1n) is 7.38. The summed E-state index contributed by atoms with van der Waals surface area (Å²) in [6, 6.07) is 9.31. The molecule has 13 heteroatoms. The molecular weight excluding hydrogens is 429 g/mol. The third kappa shape index (κ3) is 5.80. The van der Waals surface area contributed by atoms with Gasteiger partial charge in [0.15, 0.2) is 5.75 Å². The summed E-state index contributed by atoms with van der Waals surface area (Å²) in [5, 5.41) is 23.1. The number of nitriles is 1. The second-order valence-corrected chi connectivity index (χ2v) is 5.83. The molecule has 0 aromatic heterocycles. The number of amides is 1. The van der Waals surface area contributed by atoms with Gasteiger partial charge in [-0.2, -0.15) is 10.4 Å². The maximum atomic E-state index is 11.4. The first kappa shape index (κ1) is 21.4. The number of non-ortho nitro benzene ring substituents is 1. The lowest BCUT2D eigenvalue weighted by molar-refractivity contribution is -0.384. The number of hydrogen-bond acceptors (Lipinski definition) is 9. The minimum atomic E-state index is -1.39. The molecule has 1 amide bonds. The van der Waals surface area contributed by atoms with Gasteiger partial charge < -0.3 is 15.2 Å². The van der Waals surface area contributed by atoms with Gasteiger partial charge in [-0.05, 0) is 24.3 Å². The van der Waals surface area contributed by atoms with Gasteiger partial charge in [0.05, 0.1) is 20.7 Å². The number of hydrogen-bond donors (Lipinski definition) is 2. The number of rotatable bonds is 6. The topological polar surface area (TPSA) is 170 Å². The minimum absolute atomic E-state index is 0.0340. The first-order chi connectivity index (χ1) is 13.7. The molecule has 0 unspecified atom stereocenters. The molecule has 0 aliphatic heterocycles. The van der Waals surface area contributed by atoms with E-state index in [0.717, 1.165) is 0 Å². The Bertz CT molecular complexity index is 1030. The van der Waals surface area contributed by atoms with Crippen LogP contribution in [0.5, 0.6) is 11.5 Å². The van der Waals surface area contributed by atoms with E-state index in [1.54, 1.807) is 0 Å². The lowest BCUT2D eigenvalue weighted by Crippen LogP contribution is -2.24. The maximum Gasteiger partial charge on any atom is 0.412 e. The molecule has 0 saturated carbocycles. The van der Waals surface area contributed by atoms with Gasteiger partial charge in [0.2, 0.25) is 5.71 Å². The Hall–Kier alpha value is -3.88. The van der Waals surface area contributed by atoms with E-state index in [2.05, 4.69) is 21.0 Å². The average Bonchev–Trinajstić information content (AvgIpc) is 2.65. The molecule has 0 atom stereocenters. The Morgan fingerprint density at radius 3 is 2.28 bits per heavy atom. The van der Waals surface area contributed by atoms with Crippen molar-refractivity contribution in [1.29, 1.82) is 5.26 Å². The fourth-order valence-corrected chi connectivity index (χ4v) is 2.42. The average molecular weight is 438 g/mol. The van der Waals surface area contributed by atoms with E-state index in [0.29, 0.717) is 0 Å². The second kappa shape index (κ2) is 9.36. The van der Waals surface area contributed by atoms with Crippen LogP contribution in [-0.4, -0.2) is 22.7 Å². The molecule has 2 aromatic carbocycles. The number of primary amides is 1. The number of esters is 1. The van der Waals surface area contributed by atoms with Gasteiger partial charge in [0.25, 0.3) is 5.69 Å². The zero-order valence-corrected chi connectivity index (χ0v) is 15.6. The van der Waals surface area contributed by atoms with Crippen LogP contribution in [-0.2, 0) is 9.53 Å². The molecular formula is C16H9Cl2N5O6. The number of nitrogens with one attached hydrogen (secondary N) is 1. The maximum absolute atomic E-state index is 11.4. The van der Waals surface area contributed by atoms with Gasteiger partial charge in [0.1, 0.15) is 11.8 Å². The molecule has 3 N–H and O–H groups in total. The van der Waals surface area contributed by atoms with Crippen molar-refractivity contribution in [3.63, 3.8) is 0 Å². The van der Waals surface area contributed by atoms with Crippen LogP contribution in [0, 0.1) is 21.4 Å². The number of carbonyl (C=O) groups is 2. The van der Waals surface area contributed by atoms with E-state index in [4.69, 9.17) is 33.2 Å². The Kier molecular flexibility index (Phi) is 6.91. The molecule has 11 nitrogen and oxygen atoms in total. The molecule has 2 rings (SSSR count). The predicted molar refractivity (Wildman–Crippen MR) is 102 cm³/mol. The number of ether oxygens (including phenoxy) is 2. The van der Waals surface area contributed by atoms with E-state index in [-0.39, 0.29) is 32.9 Å². The fourth-order valence-electron chi connectivity index (χ4n) is 1.85. The summed E-state index contributed by atoms with van der Waals surface area (Å²) in [5.41, 5.74) is 6.33. The number of hydrazone groups is 1. The predicted octanol–water partition coefficient (Wildman–Crippen LogP) is 3.61. The molecule has 148 valence electrons. The third-order valence-electron chi connectivity index (χ3n) is 3.06. The van der Waals surface area contributed by atoms with Gasteiger partial charge in [-0.25, -0.2) is 9.59 Å². The molecule has 0 bridgehead atoms. The lowest BCUT2D eigenvalue weighted by atomic mass is 10.3. The highest BCUT2D eigenvalue weighted by atomic mass is 35.5. The molecule has 0 saturated heterocycles. The first-order valence-corrected chi connectivity index (χ1v) is 8.13. The normalized spacial score (nSPS) is 10.6. The molecule has 0 spiro atoms. The highest BCUT2D eigenvalue weighted by Crippen LogP contribution is 2.39. The summed E-state index contributed by atoms with van der Waals surface area (Å²) >= 11 is 12.2. The van der Waals surface area contributed by atoms with Crippen molar-refractivity contribution in [1.82, 2.24) is 0 Å². The Morgan fingerprint density at radius 1 is 1.21 bits per heavy atom. The van der Waals surface area contributed by atoms with E-state index < -0.39 is 22.7 Å². The van der Waals surface area contributed by atoms with Crippen molar-refractivity contribution in [3.8, 4) is 17.6 Å². The number of carbonyl (C=O) groups excluding carboxylic acids is 2. The summed E-state index contributed by atoms with van der Waals surface area (Å²) in [5.74, 6) is -1.03. The minimum Gasteiger partial charge on any atom is -0.454 e. The van der Waals surface area contributed by atoms with Crippen molar-refractivity contribution in [2.75, 3.05) is 5.43 Å². The Balaban J connectivity index is 2.19. The highest BCUT2D eigenvalue weighted by Gasteiger charge is 2.16. The highest BCUT2D eigenvalue weighted by molar-refractivity contribution is 6.44. The van der Waals surface area contributed by atoms with Gasteiger partial charge in [-0.15, -0.1) is 0 Å². The number of anilines is 1. The van der Waals surface area contributed by atoms with Crippen molar-refractivity contribution in [2.45, 2.75) is 0 Å². The van der Waals surface area contributed by atoms with Crippen molar-refractivity contribution in [2.24, 2.45) is 10.8 Å². The molecule has 2 aromatic rings. The Labute approximate surface area is 172 Å². The quantitative estimate of drug-likeness (QED) is 0.226. The van der Waals surface area contributed by atoms with Crippen LogP contribution in [0.4, 0.5) is 16.2 Å². The zero-order chi connectivity index (χ0) is 21.6. The Morgan fingerprint density at radius 2 is 1.79 bits per heavy atom. The molecule has 0 aliphatic rings. The third-order valence-corrected chi connectivity index (χ3v) is 3.62. The van der Waals surface area contributed by atoms with Crippen LogP contribution in [0.25, 0.3) is 0 Å². The van der Waals surface area contributed by atoms with Crippen LogP contribution >= 0.6 is 23.2 Å². The lowest BCUT2D eigenvalue weighted by Gasteiger charge is -2.11. The number of nitro groups is 1. The molecule has 29 heavy (non-hydrogen) atoms. The van der Waals surface area contributed by atoms with Crippen LogP contribution < -0.4 is 15.9 Å². The van der Waals surface area contributed by atoms with Crippen molar-refractivity contribution in [3.05, 3.63) is 56.6 Å². The molecule has 0 fully saturated rings. The van der Waals surface area contributed by atoms with Crippen LogP contribution in [0.15, 0.2) is 41.5 Å². The zero-order valence-electron chi connectivity index (χ0n) is 14.1. The molecule has 0 radical (unpaired) electrons. The second-order valence-electron chi connectivity index (χ2n) is 5.01. The molecule has 0 heterocycles. The number of benzene rings is 2. The fraction of sp³-hybridized carbons (Fsp3) is 0. The SMILES string of the molecule is N#CC(=NNc1cc(Cl)c(Oc2ccc([N+](=O)[O-])cc2)c(Cl)c1)C(=O)OC(N)=O. The van der Waals surface area contributed by atoms with Gasteiger partial charge in [-0.1, -0.05) is 23.2 Å². The van der Waals surface area contributed by atoms with Gasteiger partial charge in [0, 0.05) is 12.1 Å². The number of nitrogens with zero attached hydrogens (tertiary/aromatic N) is 3. The summed E-state index contributed by atoms with van der Waals surface area (Å²) in [6.07, 6.45) is -1.39. The number of nitrogens with two attached hydrogens (primary N) is 1. The van der Waals surface area contributed by atoms with Crippen molar-refractivity contribution >= 4 is 52.4 Å². The summed E-state index contributed by atoms with van der Waals surface area (Å²) in [4.78, 5) is 32.1. The van der Waals surface area contributed by atoms with Crippen molar-refractivity contribution < 1.29 is 24.0 Å². The van der Waals surface area contributed by atoms with Crippen LogP contribution in [0.3, 0.4) is 0 Å².